The zero-order valence-corrected chi connectivity index (χ0v) is 13.7. The number of hydrogen-bond acceptors (Lipinski definition) is 4. The van der Waals surface area contributed by atoms with Crippen molar-refractivity contribution in [2.45, 2.75) is 32.8 Å². The van der Waals surface area contributed by atoms with Gasteiger partial charge in [-0.25, -0.2) is 4.98 Å². The summed E-state index contributed by atoms with van der Waals surface area (Å²) < 4.78 is 5.10. The van der Waals surface area contributed by atoms with Gasteiger partial charge in [0.05, 0.1) is 6.54 Å². The molecule has 1 N–H and O–H groups in total. The minimum absolute atomic E-state index is 0. The van der Waals surface area contributed by atoms with Crippen LogP contribution in [-0.4, -0.2) is 24.0 Å². The van der Waals surface area contributed by atoms with Crippen molar-refractivity contribution in [2.24, 2.45) is 0 Å². The smallest absolute Gasteiger partial charge is 0.320 e. The van der Waals surface area contributed by atoms with Crippen molar-refractivity contribution < 1.29 is 9.53 Å². The normalized spacial score (nSPS) is 9.95. The van der Waals surface area contributed by atoms with E-state index in [2.05, 4.69) is 17.2 Å². The molecule has 0 atom stereocenters. The zero-order valence-electron chi connectivity index (χ0n) is 11.3. The third-order valence-electron chi connectivity index (χ3n) is 2.45. The summed E-state index contributed by atoms with van der Waals surface area (Å²) in [7, 11) is 0. The maximum absolute atomic E-state index is 11.5. The van der Waals surface area contributed by atoms with Crippen LogP contribution in [0.4, 0.5) is 0 Å². The van der Waals surface area contributed by atoms with E-state index >= 15 is 0 Å². The first-order valence-electron chi connectivity index (χ1n) is 6.30. The maximum Gasteiger partial charge on any atom is 0.320 e. The van der Waals surface area contributed by atoms with Crippen LogP contribution in [0.2, 0.25) is 10.3 Å². The Morgan fingerprint density at radius 3 is 2.55 bits per heavy atom. The topological polar surface area (TPSA) is 51.2 Å². The number of pyridine rings is 1. The Hall–Kier alpha value is -0.550. The first kappa shape index (κ1) is 19.4. The molecule has 0 radical (unpaired) electrons. The van der Waals surface area contributed by atoms with Gasteiger partial charge in [-0.2, -0.15) is 0 Å². The largest absolute Gasteiger partial charge is 0.460 e. The fourth-order valence-electron chi connectivity index (χ4n) is 1.50. The van der Waals surface area contributed by atoms with E-state index in [1.807, 2.05) is 0 Å². The van der Waals surface area contributed by atoms with E-state index in [4.69, 9.17) is 27.9 Å². The van der Waals surface area contributed by atoms with E-state index in [9.17, 15) is 4.79 Å². The van der Waals surface area contributed by atoms with Crippen LogP contribution in [0.1, 0.15) is 31.7 Å². The second-order valence-electron chi connectivity index (χ2n) is 4.17. The molecule has 0 saturated carbocycles. The van der Waals surface area contributed by atoms with Gasteiger partial charge in [0.25, 0.3) is 0 Å². The van der Waals surface area contributed by atoms with Gasteiger partial charge in [-0.15, -0.1) is 12.4 Å². The van der Waals surface area contributed by atoms with Gasteiger partial charge < -0.3 is 10.1 Å². The van der Waals surface area contributed by atoms with Crippen LogP contribution in [0.25, 0.3) is 0 Å². The summed E-state index contributed by atoms with van der Waals surface area (Å²) in [4.78, 5) is 15.3. The minimum atomic E-state index is -0.291. The number of rotatable bonds is 8. The number of aromatic nitrogens is 1. The van der Waals surface area contributed by atoms with Crippen LogP contribution in [0.5, 0.6) is 0 Å². The van der Waals surface area contributed by atoms with E-state index in [1.54, 1.807) is 12.1 Å². The van der Waals surface area contributed by atoms with Crippen molar-refractivity contribution in [3.8, 4) is 0 Å². The average molecular weight is 342 g/mol. The SMILES string of the molecule is CCCCCNCC(=O)OCc1cc(Cl)nc(Cl)c1.Cl. The zero-order chi connectivity index (χ0) is 14.1. The number of unbranched alkanes of at least 4 members (excludes halogenated alkanes) is 2. The molecular formula is C13H19Cl3N2O2. The third-order valence-corrected chi connectivity index (χ3v) is 2.84. The molecule has 0 aliphatic rings. The van der Waals surface area contributed by atoms with E-state index in [-0.39, 0.29) is 41.8 Å². The van der Waals surface area contributed by atoms with Gasteiger partial charge in [0.2, 0.25) is 0 Å². The number of hydrogen-bond donors (Lipinski definition) is 1. The molecular weight excluding hydrogens is 323 g/mol. The number of carbonyl (C=O) groups excluding carboxylic acids is 1. The molecule has 1 heterocycles. The number of nitrogens with one attached hydrogen (secondary N) is 1. The summed E-state index contributed by atoms with van der Waals surface area (Å²) in [6.45, 7) is 3.34. The Bertz CT molecular complexity index is 396. The first-order chi connectivity index (χ1) is 9.11. The Morgan fingerprint density at radius 2 is 1.95 bits per heavy atom. The number of halogens is 3. The van der Waals surface area contributed by atoms with Crippen molar-refractivity contribution in [3.63, 3.8) is 0 Å². The highest BCUT2D eigenvalue weighted by molar-refractivity contribution is 6.32. The summed E-state index contributed by atoms with van der Waals surface area (Å²) >= 11 is 11.5. The lowest BCUT2D eigenvalue weighted by Gasteiger charge is -2.06. The van der Waals surface area contributed by atoms with Crippen LogP contribution in [-0.2, 0) is 16.1 Å². The van der Waals surface area contributed by atoms with Crippen molar-refractivity contribution >= 4 is 41.6 Å². The van der Waals surface area contributed by atoms with Gasteiger partial charge >= 0.3 is 5.97 Å². The second-order valence-corrected chi connectivity index (χ2v) is 4.94. The molecule has 0 unspecified atom stereocenters. The second kappa shape index (κ2) is 11.1. The molecule has 0 aliphatic heterocycles. The van der Waals surface area contributed by atoms with Crippen LogP contribution < -0.4 is 5.32 Å². The van der Waals surface area contributed by atoms with Gasteiger partial charge in [0.15, 0.2) is 0 Å². The summed E-state index contributed by atoms with van der Waals surface area (Å²) in [6.07, 6.45) is 3.39. The molecule has 0 bridgehead atoms. The number of carbonyl (C=O) groups is 1. The maximum atomic E-state index is 11.5. The molecule has 0 amide bonds. The molecule has 114 valence electrons. The van der Waals surface area contributed by atoms with Gasteiger partial charge in [-0.05, 0) is 30.7 Å². The predicted molar refractivity (Wildman–Crippen MR) is 83.7 cm³/mol. The Balaban J connectivity index is 0.00000361. The predicted octanol–water partition coefficient (Wildman–Crippen LogP) is 3.63. The highest BCUT2D eigenvalue weighted by Gasteiger charge is 2.05. The van der Waals surface area contributed by atoms with Crippen LogP contribution >= 0.6 is 35.6 Å². The van der Waals surface area contributed by atoms with Crippen LogP contribution in [0.15, 0.2) is 12.1 Å². The van der Waals surface area contributed by atoms with Gasteiger partial charge in [0.1, 0.15) is 16.9 Å². The minimum Gasteiger partial charge on any atom is -0.460 e. The summed E-state index contributed by atoms with van der Waals surface area (Å²) in [5.41, 5.74) is 0.726. The van der Waals surface area contributed by atoms with Crippen molar-refractivity contribution in [3.05, 3.63) is 28.0 Å². The fraction of sp³-hybridized carbons (Fsp3) is 0.538. The molecule has 20 heavy (non-hydrogen) atoms. The van der Waals surface area contributed by atoms with Crippen molar-refractivity contribution in [1.82, 2.24) is 10.3 Å². The highest BCUT2D eigenvalue weighted by atomic mass is 35.5. The van der Waals surface area contributed by atoms with Gasteiger partial charge in [0, 0.05) is 0 Å². The van der Waals surface area contributed by atoms with E-state index in [1.165, 1.54) is 0 Å². The lowest BCUT2D eigenvalue weighted by molar-refractivity contribution is -0.143. The fourth-order valence-corrected chi connectivity index (χ4v) is 2.01. The quantitative estimate of drug-likeness (QED) is 0.445. The van der Waals surface area contributed by atoms with Crippen molar-refractivity contribution in [2.75, 3.05) is 13.1 Å². The monoisotopic (exact) mass is 340 g/mol. The highest BCUT2D eigenvalue weighted by Crippen LogP contribution is 2.15. The van der Waals surface area contributed by atoms with Crippen molar-refractivity contribution in [1.29, 1.82) is 0 Å². The molecule has 1 rings (SSSR count). The number of ether oxygens (including phenoxy) is 1. The molecule has 0 spiro atoms. The lowest BCUT2D eigenvalue weighted by atomic mass is 10.2. The Kier molecular flexibility index (Phi) is 10.8. The lowest BCUT2D eigenvalue weighted by Crippen LogP contribution is -2.25. The molecule has 0 saturated heterocycles. The molecule has 4 nitrogen and oxygen atoms in total. The van der Waals surface area contributed by atoms with Gasteiger partial charge in [-0.1, -0.05) is 43.0 Å². The molecule has 0 aromatic carbocycles. The van der Waals surface area contributed by atoms with E-state index < -0.39 is 0 Å². The van der Waals surface area contributed by atoms with Crippen LogP contribution in [0.3, 0.4) is 0 Å². The molecule has 0 aliphatic carbocycles. The van der Waals surface area contributed by atoms with Gasteiger partial charge in [-0.3, -0.25) is 4.79 Å². The summed E-state index contributed by atoms with van der Waals surface area (Å²) in [5.74, 6) is -0.291. The third kappa shape index (κ3) is 8.59. The van der Waals surface area contributed by atoms with E-state index in [0.717, 1.165) is 31.4 Å². The summed E-state index contributed by atoms with van der Waals surface area (Å²) in [5, 5.41) is 3.62. The molecule has 7 heteroatoms. The molecule has 1 aromatic heterocycles. The standard InChI is InChI=1S/C13H18Cl2N2O2.ClH/c1-2-3-4-5-16-8-13(18)19-9-10-6-11(14)17-12(15)7-10;/h6-7,16H,2-5,8-9H2,1H3;1H. The van der Waals surface area contributed by atoms with Crippen LogP contribution in [0, 0.1) is 0 Å². The Morgan fingerprint density at radius 1 is 1.30 bits per heavy atom. The average Bonchev–Trinajstić information content (AvgIpc) is 2.35. The van der Waals surface area contributed by atoms with E-state index in [0.29, 0.717) is 0 Å². The first-order valence-corrected chi connectivity index (χ1v) is 7.05. The molecule has 1 aromatic rings. The molecule has 0 fully saturated rings. The number of nitrogens with zero attached hydrogens (tertiary/aromatic N) is 1. The summed E-state index contributed by atoms with van der Waals surface area (Å²) in [6, 6.07) is 3.24. The number of esters is 1. The Labute approximate surface area is 135 Å².